The second-order valence-corrected chi connectivity index (χ2v) is 23.4. The molecule has 4 rings (SSSR count). The summed E-state index contributed by atoms with van der Waals surface area (Å²) >= 11 is 0. The predicted octanol–water partition coefficient (Wildman–Crippen LogP) is 4.78. The third kappa shape index (κ3) is 15.5. The number of aromatic nitrogens is 2. The van der Waals surface area contributed by atoms with Crippen molar-refractivity contribution in [3.63, 3.8) is 0 Å². The van der Waals surface area contributed by atoms with Gasteiger partial charge in [0.15, 0.2) is 0 Å². The average molecular weight is 980 g/mol. The monoisotopic (exact) mass is 979 g/mol. The van der Waals surface area contributed by atoms with Crippen LogP contribution in [0.25, 0.3) is 0 Å². The van der Waals surface area contributed by atoms with E-state index in [9.17, 15) is 38.4 Å². The Hall–Kier alpha value is -6.54. The van der Waals surface area contributed by atoms with Gasteiger partial charge in [-0.3, -0.25) is 28.8 Å². The molecule has 1 atom stereocenters. The number of nitrogens with one attached hydrogen (secondary N) is 3. The third-order valence-corrected chi connectivity index (χ3v) is 13.7. The summed E-state index contributed by atoms with van der Waals surface area (Å²) in [4.78, 5) is 113. The van der Waals surface area contributed by atoms with E-state index >= 15 is 0 Å². The van der Waals surface area contributed by atoms with E-state index < -0.39 is 67.8 Å². The topological polar surface area (TPSA) is 254 Å². The molecule has 0 radical (unpaired) electrons. The number of esters is 8. The third-order valence-electron chi connectivity index (χ3n) is 12.0. The van der Waals surface area contributed by atoms with Crippen molar-refractivity contribution in [2.24, 2.45) is 0 Å². The molecular weight excluding hydrogens is 915 g/mol. The zero-order valence-corrected chi connectivity index (χ0v) is 42.0. The Labute approximate surface area is 402 Å². The highest BCUT2D eigenvalue weighted by Gasteiger charge is 2.45. The molecule has 1 aliphatic rings. The van der Waals surface area contributed by atoms with Crippen LogP contribution < -0.4 is 5.32 Å². The first kappa shape index (κ1) is 55.1. The van der Waals surface area contributed by atoms with E-state index in [2.05, 4.69) is 34.9 Å². The fraction of sp³-hybridized carbons (Fsp3) is 0.510. The molecule has 0 spiro atoms. The summed E-state index contributed by atoms with van der Waals surface area (Å²) in [5, 5.41) is 3.59. The Morgan fingerprint density at radius 3 is 1.55 bits per heavy atom. The molecule has 0 bridgehead atoms. The molecule has 0 saturated heterocycles. The molecule has 2 aromatic heterocycles. The highest BCUT2D eigenvalue weighted by atomic mass is 28.3. The van der Waals surface area contributed by atoms with E-state index in [0.29, 0.717) is 50.8 Å². The van der Waals surface area contributed by atoms with Gasteiger partial charge in [0, 0.05) is 58.1 Å². The molecule has 20 heteroatoms. The molecule has 0 amide bonds. The summed E-state index contributed by atoms with van der Waals surface area (Å²) < 4.78 is 41.9. The van der Waals surface area contributed by atoms with E-state index in [1.54, 1.807) is 24.3 Å². The summed E-state index contributed by atoms with van der Waals surface area (Å²) in [7, 11) is 5.72. The molecule has 69 heavy (non-hydrogen) atoms. The number of benzene rings is 1. The summed E-state index contributed by atoms with van der Waals surface area (Å²) in [5.74, 6) is -5.16. The van der Waals surface area contributed by atoms with Crippen molar-refractivity contribution >= 4 is 55.8 Å². The van der Waals surface area contributed by atoms with Crippen molar-refractivity contribution in [1.82, 2.24) is 15.3 Å². The van der Waals surface area contributed by atoms with Gasteiger partial charge in [-0.2, -0.15) is 0 Å². The van der Waals surface area contributed by atoms with E-state index in [4.69, 9.17) is 37.9 Å². The molecule has 0 fully saturated rings. The largest absolute Gasteiger partial charge is 0.469 e. The van der Waals surface area contributed by atoms with E-state index in [1.807, 2.05) is 6.07 Å². The Balaban J connectivity index is 2.06. The van der Waals surface area contributed by atoms with E-state index in [1.165, 1.54) is 42.7 Å². The maximum atomic E-state index is 14.1. The number of H-pyrrole nitrogens is 2. The van der Waals surface area contributed by atoms with Gasteiger partial charge in [0.25, 0.3) is 0 Å². The van der Waals surface area contributed by atoms with Gasteiger partial charge in [-0.15, -0.1) is 0 Å². The Kier molecular flexibility index (Phi) is 20.5. The van der Waals surface area contributed by atoms with Crippen LogP contribution in [0.5, 0.6) is 0 Å². The molecule has 3 heterocycles. The first-order valence-corrected chi connectivity index (χ1v) is 26.2. The molecule has 1 unspecified atom stereocenters. The molecule has 0 saturated carbocycles. The summed E-state index contributed by atoms with van der Waals surface area (Å²) in [6, 6.07) is 9.62. The van der Waals surface area contributed by atoms with Crippen LogP contribution in [0.15, 0.2) is 41.5 Å². The number of carbonyl (C=O) groups excluding carboxylic acids is 8. The number of carbonyl (C=O) groups is 8. The van der Waals surface area contributed by atoms with Gasteiger partial charge < -0.3 is 53.2 Å². The molecular formula is C49H65N3O16Si. The van der Waals surface area contributed by atoms with Crippen LogP contribution in [-0.4, -0.2) is 127 Å². The Morgan fingerprint density at radius 1 is 0.551 bits per heavy atom. The van der Waals surface area contributed by atoms with E-state index in [-0.39, 0.29) is 101 Å². The van der Waals surface area contributed by atoms with Crippen molar-refractivity contribution < 1.29 is 76.3 Å². The van der Waals surface area contributed by atoms with Gasteiger partial charge in [0.2, 0.25) is 0 Å². The van der Waals surface area contributed by atoms with Crippen molar-refractivity contribution in [2.75, 3.05) is 55.8 Å². The highest BCUT2D eigenvalue weighted by molar-refractivity contribution is 6.76. The lowest BCUT2D eigenvalue weighted by Gasteiger charge is -2.34. The normalized spacial score (nSPS) is 14.4. The minimum atomic E-state index is -1.66. The SMILES string of the molecule is COC(=O)CCC1=C(CC(=O)OC)C(Cc2[nH]c(C(=O)OCC[Si](C)(C)C)c(CCC(=O)OC)c2CC(=O)OC)(Cc2[nH]c(C(=O)OCc3ccccc3)c(CC(=O)OC)c2CCC(=O)OC)NC1. The highest BCUT2D eigenvalue weighted by Crippen LogP contribution is 2.40. The van der Waals surface area contributed by atoms with Gasteiger partial charge in [-0.05, 0) is 58.7 Å². The number of ether oxygens (including phenoxy) is 8. The van der Waals surface area contributed by atoms with Gasteiger partial charge in [-0.1, -0.05) is 55.5 Å². The van der Waals surface area contributed by atoms with Gasteiger partial charge in [-0.25, -0.2) is 9.59 Å². The maximum Gasteiger partial charge on any atom is 0.355 e. The zero-order valence-electron chi connectivity index (χ0n) is 41.0. The number of hydrogen-bond acceptors (Lipinski definition) is 17. The molecule has 0 aliphatic carbocycles. The van der Waals surface area contributed by atoms with Gasteiger partial charge >= 0.3 is 47.8 Å². The molecule has 3 N–H and O–H groups in total. The summed E-state index contributed by atoms with van der Waals surface area (Å²) in [6.07, 6.45) is -1.55. The van der Waals surface area contributed by atoms with Crippen LogP contribution in [-0.2, 0) is 112 Å². The molecule has 376 valence electrons. The maximum absolute atomic E-state index is 14.1. The van der Waals surface area contributed by atoms with Crippen LogP contribution in [0.4, 0.5) is 0 Å². The van der Waals surface area contributed by atoms with E-state index in [0.717, 1.165) is 0 Å². The van der Waals surface area contributed by atoms with Crippen LogP contribution in [0.2, 0.25) is 25.7 Å². The Bertz CT molecular complexity index is 2380. The molecule has 3 aromatic rings. The number of methoxy groups -OCH3 is 6. The number of aromatic amines is 2. The van der Waals surface area contributed by atoms with Crippen molar-refractivity contribution in [3.8, 4) is 0 Å². The van der Waals surface area contributed by atoms with Gasteiger partial charge in [0.05, 0.1) is 74.1 Å². The van der Waals surface area contributed by atoms with Crippen LogP contribution in [0, 0.1) is 0 Å². The summed E-state index contributed by atoms with van der Waals surface area (Å²) in [6.45, 7) is 6.56. The molecule has 1 aliphatic heterocycles. The van der Waals surface area contributed by atoms with Crippen molar-refractivity contribution in [2.45, 2.75) is 108 Å². The minimum Gasteiger partial charge on any atom is -0.469 e. The van der Waals surface area contributed by atoms with Crippen molar-refractivity contribution in [3.05, 3.63) is 92.1 Å². The lowest BCUT2D eigenvalue weighted by molar-refractivity contribution is -0.141. The van der Waals surface area contributed by atoms with Crippen LogP contribution >= 0.6 is 0 Å². The van der Waals surface area contributed by atoms with Gasteiger partial charge in [0.1, 0.15) is 18.0 Å². The van der Waals surface area contributed by atoms with Crippen molar-refractivity contribution in [1.29, 1.82) is 0 Å². The fourth-order valence-electron chi connectivity index (χ4n) is 8.25. The quantitative estimate of drug-likeness (QED) is 0.0424. The first-order chi connectivity index (χ1) is 32.8. The fourth-order valence-corrected chi connectivity index (χ4v) is 8.97. The lowest BCUT2D eigenvalue weighted by atomic mass is 9.77. The predicted molar refractivity (Wildman–Crippen MR) is 251 cm³/mol. The Morgan fingerprint density at radius 2 is 1.01 bits per heavy atom. The summed E-state index contributed by atoms with van der Waals surface area (Å²) in [5.41, 5.74) is 2.32. The second-order valence-electron chi connectivity index (χ2n) is 17.7. The standard InChI is InChI=1S/C49H65N3O16Si/c1-61-39(53)18-15-31-28-50-49(36(31)25-44(58)66-6,27-38-34(23-42(56)64-4)33(17-20-41(55)63-3)45(52-38)47(59)67-21-22-69(7,8)9)26-37-32(16-19-40(54)62-2)35(24-43(57)65-5)46(51-37)48(60)68-29-30-13-11-10-12-14-30/h10-14,50-52H,15-29H2,1-9H3. The smallest absolute Gasteiger partial charge is 0.355 e. The number of hydrogen-bond donors (Lipinski definition) is 3. The minimum absolute atomic E-state index is 0.00314. The number of rotatable bonds is 26. The average Bonchev–Trinajstić information content (AvgIpc) is 3.97. The van der Waals surface area contributed by atoms with Crippen LogP contribution in [0.1, 0.15) is 92.3 Å². The van der Waals surface area contributed by atoms with Crippen LogP contribution in [0.3, 0.4) is 0 Å². The zero-order chi connectivity index (χ0) is 50.9. The lowest BCUT2D eigenvalue weighted by Crippen LogP contribution is -2.48. The second kappa shape index (κ2) is 25.7. The molecule has 19 nitrogen and oxygen atoms in total. The first-order valence-electron chi connectivity index (χ1n) is 22.5. The molecule has 1 aromatic carbocycles.